The number of rotatable bonds is 5. The van der Waals surface area contributed by atoms with Gasteiger partial charge in [0.25, 0.3) is 0 Å². The molecular formula is C17H23N3O. The van der Waals surface area contributed by atoms with Gasteiger partial charge in [-0.25, -0.2) is 0 Å². The maximum Gasteiger partial charge on any atom is 0.243 e. The molecule has 1 aliphatic carbocycles. The second kappa shape index (κ2) is 5.98. The molecule has 1 saturated carbocycles. The first-order valence-electron chi connectivity index (χ1n) is 7.89. The summed E-state index contributed by atoms with van der Waals surface area (Å²) in [7, 11) is 0. The van der Waals surface area contributed by atoms with Crippen molar-refractivity contribution >= 4 is 0 Å². The Balaban J connectivity index is 1.95. The molecule has 2 aromatic rings. The first-order valence-corrected chi connectivity index (χ1v) is 7.89. The van der Waals surface area contributed by atoms with Crippen LogP contribution in [-0.2, 0) is 5.41 Å². The summed E-state index contributed by atoms with van der Waals surface area (Å²) >= 11 is 0. The van der Waals surface area contributed by atoms with E-state index in [1.54, 1.807) is 0 Å². The van der Waals surface area contributed by atoms with Gasteiger partial charge >= 0.3 is 0 Å². The topological polar surface area (TPSA) is 51.0 Å². The van der Waals surface area contributed by atoms with Crippen LogP contribution in [0.1, 0.15) is 62.9 Å². The molecule has 1 N–H and O–H groups in total. The van der Waals surface area contributed by atoms with Crippen molar-refractivity contribution in [2.24, 2.45) is 0 Å². The van der Waals surface area contributed by atoms with Crippen molar-refractivity contribution < 1.29 is 4.52 Å². The van der Waals surface area contributed by atoms with Crippen LogP contribution in [0.5, 0.6) is 0 Å². The molecule has 0 aliphatic heterocycles. The summed E-state index contributed by atoms with van der Waals surface area (Å²) < 4.78 is 5.51. The quantitative estimate of drug-likeness (QED) is 0.912. The lowest BCUT2D eigenvalue weighted by molar-refractivity contribution is 0.331. The fraction of sp³-hybridized carbons (Fsp3) is 0.529. The van der Waals surface area contributed by atoms with E-state index >= 15 is 0 Å². The van der Waals surface area contributed by atoms with Gasteiger partial charge in [0.05, 0.1) is 11.5 Å². The Hall–Kier alpha value is -1.68. The zero-order valence-electron chi connectivity index (χ0n) is 12.8. The van der Waals surface area contributed by atoms with Crippen LogP contribution in [0, 0.1) is 0 Å². The zero-order valence-corrected chi connectivity index (χ0v) is 12.8. The first-order chi connectivity index (χ1) is 10.3. The molecule has 3 rings (SSSR count). The summed E-state index contributed by atoms with van der Waals surface area (Å²) in [4.78, 5) is 4.72. The molecule has 0 bridgehead atoms. The average molecular weight is 285 g/mol. The molecule has 1 fully saturated rings. The minimum atomic E-state index is -0.0606. The number of benzene rings is 1. The predicted octanol–water partition coefficient (Wildman–Crippen LogP) is 3.60. The minimum absolute atomic E-state index is 0.0606. The van der Waals surface area contributed by atoms with Crippen molar-refractivity contribution in [2.45, 2.75) is 51.0 Å². The summed E-state index contributed by atoms with van der Waals surface area (Å²) in [5.41, 5.74) is 1.25. The van der Waals surface area contributed by atoms with Crippen LogP contribution in [0.15, 0.2) is 34.9 Å². The van der Waals surface area contributed by atoms with E-state index in [0.29, 0.717) is 5.89 Å². The lowest BCUT2D eigenvalue weighted by Gasteiger charge is -2.25. The van der Waals surface area contributed by atoms with Gasteiger partial charge in [-0.2, -0.15) is 4.98 Å². The van der Waals surface area contributed by atoms with Gasteiger partial charge in [-0.05, 0) is 31.9 Å². The van der Waals surface area contributed by atoms with Crippen LogP contribution in [-0.4, -0.2) is 16.7 Å². The van der Waals surface area contributed by atoms with Crippen LogP contribution in [0.25, 0.3) is 0 Å². The Bertz CT molecular complexity index is 573. The Kier molecular flexibility index (Phi) is 4.06. The van der Waals surface area contributed by atoms with E-state index in [4.69, 9.17) is 9.51 Å². The van der Waals surface area contributed by atoms with Gasteiger partial charge in [-0.15, -0.1) is 0 Å². The Morgan fingerprint density at radius 1 is 1.24 bits per heavy atom. The number of aromatic nitrogens is 2. The Labute approximate surface area is 126 Å². The van der Waals surface area contributed by atoms with E-state index in [9.17, 15) is 0 Å². The van der Waals surface area contributed by atoms with Crippen LogP contribution in [0.3, 0.4) is 0 Å². The normalized spacial score (nSPS) is 18.8. The van der Waals surface area contributed by atoms with E-state index in [-0.39, 0.29) is 11.5 Å². The third-order valence-corrected chi connectivity index (χ3v) is 4.53. The maximum atomic E-state index is 5.51. The van der Waals surface area contributed by atoms with Gasteiger partial charge in [0.2, 0.25) is 5.89 Å². The fourth-order valence-corrected chi connectivity index (χ4v) is 3.38. The van der Waals surface area contributed by atoms with Crippen molar-refractivity contribution in [1.29, 1.82) is 0 Å². The van der Waals surface area contributed by atoms with Crippen LogP contribution in [0.2, 0.25) is 0 Å². The second-order valence-corrected chi connectivity index (χ2v) is 5.89. The lowest BCUT2D eigenvalue weighted by Crippen LogP contribution is -2.25. The second-order valence-electron chi connectivity index (χ2n) is 5.89. The van der Waals surface area contributed by atoms with Crippen molar-refractivity contribution in [3.8, 4) is 0 Å². The van der Waals surface area contributed by atoms with Crippen molar-refractivity contribution in [2.75, 3.05) is 6.54 Å². The molecular weight excluding hydrogens is 262 g/mol. The van der Waals surface area contributed by atoms with Crippen molar-refractivity contribution in [3.63, 3.8) is 0 Å². The highest BCUT2D eigenvalue weighted by atomic mass is 16.5. The molecule has 1 unspecified atom stereocenters. The molecule has 1 aromatic carbocycles. The number of nitrogens with one attached hydrogen (secondary N) is 1. The Morgan fingerprint density at radius 2 is 1.95 bits per heavy atom. The highest BCUT2D eigenvalue weighted by Crippen LogP contribution is 2.45. The molecule has 1 atom stereocenters. The largest absolute Gasteiger partial charge is 0.338 e. The number of nitrogens with zero attached hydrogens (tertiary/aromatic N) is 2. The van der Waals surface area contributed by atoms with Crippen LogP contribution >= 0.6 is 0 Å². The smallest absolute Gasteiger partial charge is 0.243 e. The van der Waals surface area contributed by atoms with E-state index in [0.717, 1.165) is 25.2 Å². The summed E-state index contributed by atoms with van der Waals surface area (Å²) in [6.07, 6.45) is 4.65. The standard InChI is InChI=1S/C17H23N3O/c1-3-18-13(2)15-19-16(20-21-15)17(11-7-8-12-17)14-9-5-4-6-10-14/h4-6,9-10,13,18H,3,7-8,11-12H2,1-2H3. The molecule has 112 valence electrons. The highest BCUT2D eigenvalue weighted by molar-refractivity contribution is 5.33. The fourth-order valence-electron chi connectivity index (χ4n) is 3.38. The summed E-state index contributed by atoms with van der Waals surface area (Å²) in [6, 6.07) is 10.7. The van der Waals surface area contributed by atoms with Gasteiger partial charge in [0, 0.05) is 0 Å². The summed E-state index contributed by atoms with van der Waals surface area (Å²) in [6.45, 7) is 5.03. The van der Waals surface area contributed by atoms with Gasteiger partial charge in [-0.1, -0.05) is 55.3 Å². The zero-order chi connectivity index (χ0) is 14.7. The Morgan fingerprint density at radius 3 is 2.62 bits per heavy atom. The third-order valence-electron chi connectivity index (χ3n) is 4.53. The van der Waals surface area contributed by atoms with Gasteiger partial charge in [-0.3, -0.25) is 0 Å². The molecule has 1 aliphatic rings. The molecule has 0 spiro atoms. The van der Waals surface area contributed by atoms with Gasteiger partial charge in [0.15, 0.2) is 5.82 Å². The van der Waals surface area contributed by atoms with E-state index in [2.05, 4.69) is 54.7 Å². The van der Waals surface area contributed by atoms with Crippen LogP contribution < -0.4 is 5.32 Å². The molecule has 0 radical (unpaired) electrons. The van der Waals surface area contributed by atoms with Crippen LogP contribution in [0.4, 0.5) is 0 Å². The predicted molar refractivity (Wildman–Crippen MR) is 82.1 cm³/mol. The number of hydrogen-bond acceptors (Lipinski definition) is 4. The highest BCUT2D eigenvalue weighted by Gasteiger charge is 2.41. The monoisotopic (exact) mass is 285 g/mol. The van der Waals surface area contributed by atoms with Crippen molar-refractivity contribution in [3.05, 3.63) is 47.6 Å². The van der Waals surface area contributed by atoms with E-state index < -0.39 is 0 Å². The first kappa shape index (κ1) is 14.3. The molecule has 0 saturated heterocycles. The molecule has 1 aromatic heterocycles. The van der Waals surface area contributed by atoms with Gasteiger partial charge < -0.3 is 9.84 Å². The molecule has 21 heavy (non-hydrogen) atoms. The lowest BCUT2D eigenvalue weighted by atomic mass is 9.78. The third kappa shape index (κ3) is 2.60. The summed E-state index contributed by atoms with van der Waals surface area (Å²) in [5, 5.41) is 7.65. The summed E-state index contributed by atoms with van der Waals surface area (Å²) in [5.74, 6) is 1.54. The minimum Gasteiger partial charge on any atom is -0.338 e. The van der Waals surface area contributed by atoms with E-state index in [1.807, 2.05) is 0 Å². The van der Waals surface area contributed by atoms with E-state index in [1.165, 1.54) is 18.4 Å². The average Bonchev–Trinajstić information content (AvgIpc) is 3.18. The molecule has 1 heterocycles. The molecule has 4 heteroatoms. The molecule has 0 amide bonds. The van der Waals surface area contributed by atoms with Crippen molar-refractivity contribution in [1.82, 2.24) is 15.5 Å². The van der Waals surface area contributed by atoms with Gasteiger partial charge in [0.1, 0.15) is 0 Å². The maximum absolute atomic E-state index is 5.51. The molecule has 4 nitrogen and oxygen atoms in total. The number of hydrogen-bond donors (Lipinski definition) is 1. The SMILES string of the molecule is CCNC(C)c1nc(C2(c3ccccc3)CCCC2)no1.